The van der Waals surface area contributed by atoms with Crippen LogP contribution in [0.25, 0.3) is 0 Å². The highest BCUT2D eigenvalue weighted by atomic mass is 19.1. The summed E-state index contributed by atoms with van der Waals surface area (Å²) in [5.41, 5.74) is 0.644. The molecule has 0 saturated heterocycles. The van der Waals surface area contributed by atoms with Crippen molar-refractivity contribution < 1.29 is 23.1 Å². The summed E-state index contributed by atoms with van der Waals surface area (Å²) in [4.78, 5) is 25.5. The van der Waals surface area contributed by atoms with Gasteiger partial charge in [0.15, 0.2) is 11.6 Å². The van der Waals surface area contributed by atoms with E-state index in [1.807, 2.05) is 30.3 Å². The predicted molar refractivity (Wildman–Crippen MR) is 106 cm³/mol. The van der Waals surface area contributed by atoms with Gasteiger partial charge in [-0.1, -0.05) is 43.3 Å². The van der Waals surface area contributed by atoms with Crippen LogP contribution in [0.4, 0.5) is 13.6 Å². The first-order chi connectivity index (χ1) is 15.0. The smallest absolute Gasteiger partial charge is 0.408 e. The average Bonchev–Trinajstić information content (AvgIpc) is 3.20. The summed E-state index contributed by atoms with van der Waals surface area (Å²) < 4.78 is 32.7. The summed E-state index contributed by atoms with van der Waals surface area (Å²) >= 11 is 0. The number of alkyl carbamates (subject to hydrolysis) is 1. The molecule has 10 heteroatoms. The van der Waals surface area contributed by atoms with Crippen LogP contribution in [0.5, 0.6) is 0 Å². The molecule has 1 amide bonds. The number of carbonyl (C=O) groups is 2. The molecule has 0 aliphatic heterocycles. The topological polar surface area (TPSA) is 99.0 Å². The van der Waals surface area contributed by atoms with Gasteiger partial charge in [0.05, 0.1) is 6.04 Å². The molecule has 1 N–H and O–H groups in total. The minimum Gasteiger partial charge on any atom is -0.445 e. The van der Waals surface area contributed by atoms with E-state index >= 15 is 0 Å². The zero-order valence-electron chi connectivity index (χ0n) is 16.8. The number of carbonyl (C=O) groups excluding carboxylic acids is 2. The molecule has 0 radical (unpaired) electrons. The van der Waals surface area contributed by atoms with Crippen molar-refractivity contribution in [3.8, 4) is 0 Å². The second kappa shape index (κ2) is 10.4. The van der Waals surface area contributed by atoms with Crippen molar-refractivity contribution in [2.75, 3.05) is 0 Å². The van der Waals surface area contributed by atoms with Crippen LogP contribution in [-0.2, 0) is 29.1 Å². The Kier molecular flexibility index (Phi) is 7.36. The number of nitrogens with zero attached hydrogens (tertiary/aromatic N) is 4. The molecule has 1 atom stereocenters. The minimum absolute atomic E-state index is 0.0695. The van der Waals surface area contributed by atoms with Crippen LogP contribution in [0.3, 0.4) is 0 Å². The van der Waals surface area contributed by atoms with E-state index in [1.165, 1.54) is 6.07 Å². The summed E-state index contributed by atoms with van der Waals surface area (Å²) in [6.45, 7) is 1.56. The van der Waals surface area contributed by atoms with Crippen molar-refractivity contribution in [3.05, 3.63) is 77.1 Å². The fraction of sp³-hybridized carbons (Fsp3) is 0.286. The second-order valence-electron chi connectivity index (χ2n) is 6.75. The van der Waals surface area contributed by atoms with E-state index < -0.39 is 23.8 Å². The van der Waals surface area contributed by atoms with Crippen LogP contribution in [0.15, 0.2) is 48.5 Å². The number of halogens is 2. The third-order valence-electron chi connectivity index (χ3n) is 4.49. The lowest BCUT2D eigenvalue weighted by atomic mass is 10.1. The monoisotopic (exact) mass is 429 g/mol. The summed E-state index contributed by atoms with van der Waals surface area (Å²) in [6, 6.07) is 11.9. The van der Waals surface area contributed by atoms with Crippen molar-refractivity contribution in [3.63, 3.8) is 0 Å². The van der Waals surface area contributed by atoms with E-state index in [-0.39, 0.29) is 36.7 Å². The Morgan fingerprint density at radius 3 is 2.48 bits per heavy atom. The minimum atomic E-state index is -0.804. The molecule has 0 spiro atoms. The lowest BCUT2D eigenvalue weighted by Crippen LogP contribution is -2.42. The molecule has 0 saturated carbocycles. The number of benzene rings is 2. The molecule has 31 heavy (non-hydrogen) atoms. The van der Waals surface area contributed by atoms with Gasteiger partial charge in [-0.2, -0.15) is 4.80 Å². The molecule has 3 aromatic rings. The standard InChI is InChI=1S/C21H21F2N5O3/c1-2-18(24-21(30)31-13-14-7-4-3-5-8-14)19(29)12-28-26-20(25-27-28)11-15-16(22)9-6-10-17(15)23/h3-10,18H,2,11-13H2,1H3,(H,24,30). The molecule has 0 aliphatic carbocycles. The van der Waals surface area contributed by atoms with E-state index in [0.29, 0.717) is 6.42 Å². The van der Waals surface area contributed by atoms with Gasteiger partial charge in [0.2, 0.25) is 0 Å². The number of nitrogens with one attached hydrogen (secondary N) is 1. The van der Waals surface area contributed by atoms with Crippen molar-refractivity contribution in [2.45, 2.75) is 39.0 Å². The van der Waals surface area contributed by atoms with Gasteiger partial charge in [0.1, 0.15) is 24.8 Å². The first-order valence-corrected chi connectivity index (χ1v) is 9.65. The zero-order valence-corrected chi connectivity index (χ0v) is 16.8. The molecule has 162 valence electrons. The van der Waals surface area contributed by atoms with Crippen LogP contribution < -0.4 is 5.32 Å². The van der Waals surface area contributed by atoms with Gasteiger partial charge in [-0.3, -0.25) is 4.79 Å². The molecule has 0 fully saturated rings. The first kappa shape index (κ1) is 22.0. The SMILES string of the molecule is CCC(NC(=O)OCc1ccccc1)C(=O)Cn1nnc(Cc2c(F)cccc2F)n1. The molecule has 0 bridgehead atoms. The van der Waals surface area contributed by atoms with E-state index in [0.717, 1.165) is 22.5 Å². The lowest BCUT2D eigenvalue weighted by molar-refractivity contribution is -0.122. The summed E-state index contributed by atoms with van der Waals surface area (Å²) in [6.07, 6.45) is -0.582. The molecule has 3 rings (SSSR count). The predicted octanol–water partition coefficient (Wildman–Crippen LogP) is 2.82. The largest absolute Gasteiger partial charge is 0.445 e. The van der Waals surface area contributed by atoms with E-state index in [9.17, 15) is 18.4 Å². The maximum absolute atomic E-state index is 13.8. The van der Waals surface area contributed by atoms with E-state index in [4.69, 9.17) is 4.74 Å². The average molecular weight is 429 g/mol. The van der Waals surface area contributed by atoms with Crippen molar-refractivity contribution in [2.24, 2.45) is 0 Å². The van der Waals surface area contributed by atoms with Gasteiger partial charge in [0, 0.05) is 12.0 Å². The van der Waals surface area contributed by atoms with Crippen LogP contribution in [0.1, 0.15) is 30.3 Å². The number of hydrogen-bond donors (Lipinski definition) is 1. The molecule has 2 aromatic carbocycles. The number of Topliss-reactive ketones (excluding diaryl/α,β-unsaturated/α-hetero) is 1. The number of amides is 1. The summed E-state index contributed by atoms with van der Waals surface area (Å²) in [5, 5.41) is 14.0. The van der Waals surface area contributed by atoms with Gasteiger partial charge in [-0.05, 0) is 29.3 Å². The van der Waals surface area contributed by atoms with Crippen LogP contribution in [0.2, 0.25) is 0 Å². The second-order valence-corrected chi connectivity index (χ2v) is 6.75. The Morgan fingerprint density at radius 1 is 1.10 bits per heavy atom. The summed E-state index contributed by atoms with van der Waals surface area (Å²) in [7, 11) is 0. The Hall–Kier alpha value is -3.69. The van der Waals surface area contributed by atoms with Crippen molar-refractivity contribution in [1.29, 1.82) is 0 Å². The number of rotatable bonds is 9. The Bertz CT molecular complexity index is 1020. The third-order valence-corrected chi connectivity index (χ3v) is 4.49. The van der Waals surface area contributed by atoms with Gasteiger partial charge in [-0.25, -0.2) is 13.6 Å². The lowest BCUT2D eigenvalue weighted by Gasteiger charge is -2.15. The number of ketones is 1. The molecule has 8 nitrogen and oxygen atoms in total. The van der Waals surface area contributed by atoms with Gasteiger partial charge in [-0.15, -0.1) is 10.2 Å². The molecular formula is C21H21F2N5O3. The van der Waals surface area contributed by atoms with Crippen LogP contribution >= 0.6 is 0 Å². The Balaban J connectivity index is 1.54. The third kappa shape index (κ3) is 6.14. The van der Waals surface area contributed by atoms with Crippen molar-refractivity contribution >= 4 is 11.9 Å². The highest BCUT2D eigenvalue weighted by Crippen LogP contribution is 2.14. The fourth-order valence-electron chi connectivity index (χ4n) is 2.84. The zero-order chi connectivity index (χ0) is 22.2. The highest BCUT2D eigenvalue weighted by Gasteiger charge is 2.21. The normalized spacial score (nSPS) is 11.7. The van der Waals surface area contributed by atoms with Gasteiger partial charge in [0.25, 0.3) is 0 Å². The molecule has 1 unspecified atom stereocenters. The molecular weight excluding hydrogens is 408 g/mol. The molecule has 1 heterocycles. The van der Waals surface area contributed by atoms with Gasteiger partial charge < -0.3 is 10.1 Å². The van der Waals surface area contributed by atoms with Crippen molar-refractivity contribution in [1.82, 2.24) is 25.5 Å². The number of ether oxygens (including phenoxy) is 1. The van der Waals surface area contributed by atoms with Crippen LogP contribution in [0, 0.1) is 11.6 Å². The maximum Gasteiger partial charge on any atom is 0.408 e. The van der Waals surface area contributed by atoms with E-state index in [2.05, 4.69) is 20.7 Å². The molecule has 1 aromatic heterocycles. The van der Waals surface area contributed by atoms with Crippen LogP contribution in [-0.4, -0.2) is 38.1 Å². The highest BCUT2D eigenvalue weighted by molar-refractivity contribution is 5.87. The first-order valence-electron chi connectivity index (χ1n) is 9.65. The number of hydrogen-bond acceptors (Lipinski definition) is 6. The summed E-state index contributed by atoms with van der Waals surface area (Å²) in [5.74, 6) is -1.71. The Morgan fingerprint density at radius 2 is 1.81 bits per heavy atom. The maximum atomic E-state index is 13.8. The Labute approximate surface area is 177 Å². The fourth-order valence-corrected chi connectivity index (χ4v) is 2.84. The number of tetrazole rings is 1. The quantitative estimate of drug-likeness (QED) is 0.562. The van der Waals surface area contributed by atoms with E-state index in [1.54, 1.807) is 6.92 Å². The molecule has 0 aliphatic rings. The van der Waals surface area contributed by atoms with Gasteiger partial charge >= 0.3 is 6.09 Å². The number of aromatic nitrogens is 4.